The van der Waals surface area contributed by atoms with E-state index in [-0.39, 0.29) is 0 Å². The zero-order valence-electron chi connectivity index (χ0n) is 11.7. The summed E-state index contributed by atoms with van der Waals surface area (Å²) in [6, 6.07) is 15.2. The van der Waals surface area contributed by atoms with Gasteiger partial charge in [0.2, 0.25) is 0 Å². The number of rotatable bonds is 4. The molecule has 0 saturated heterocycles. The largest absolute Gasteiger partial charge is 0.490 e. The second-order valence-corrected chi connectivity index (χ2v) is 5.20. The van der Waals surface area contributed by atoms with E-state index >= 15 is 0 Å². The molecule has 0 amide bonds. The van der Waals surface area contributed by atoms with Crippen molar-refractivity contribution in [2.24, 2.45) is 0 Å². The molecule has 1 fully saturated rings. The van der Waals surface area contributed by atoms with Gasteiger partial charge in [0.25, 0.3) is 0 Å². The van der Waals surface area contributed by atoms with Gasteiger partial charge in [0, 0.05) is 11.8 Å². The summed E-state index contributed by atoms with van der Waals surface area (Å²) in [6.45, 7) is 0. The fourth-order valence-corrected chi connectivity index (χ4v) is 2.56. The summed E-state index contributed by atoms with van der Waals surface area (Å²) in [7, 11) is 0. The topological polar surface area (TPSA) is 57.9 Å². The Labute approximate surface area is 124 Å². The van der Waals surface area contributed by atoms with Crippen LogP contribution < -0.4 is 10.1 Å². The molecule has 0 atom stereocenters. The highest BCUT2D eigenvalue weighted by molar-refractivity contribution is 5.58. The predicted molar refractivity (Wildman–Crippen MR) is 81.6 cm³/mol. The number of hydrogen-bond donors (Lipinski definition) is 1. The molecule has 0 spiro atoms. The van der Waals surface area contributed by atoms with Crippen LogP contribution in [0, 0.1) is 11.3 Å². The van der Waals surface area contributed by atoms with Crippen LogP contribution in [0.15, 0.2) is 42.5 Å². The maximum atomic E-state index is 8.87. The lowest BCUT2D eigenvalue weighted by Gasteiger charge is -2.14. The van der Waals surface area contributed by atoms with Crippen LogP contribution in [0.3, 0.4) is 0 Å². The summed E-state index contributed by atoms with van der Waals surface area (Å²) in [5.74, 6) is 1.54. The van der Waals surface area contributed by atoms with Gasteiger partial charge in [0.1, 0.15) is 23.3 Å². The van der Waals surface area contributed by atoms with Crippen LogP contribution in [0.2, 0.25) is 0 Å². The molecule has 21 heavy (non-hydrogen) atoms. The van der Waals surface area contributed by atoms with Crippen LogP contribution in [0.25, 0.3) is 0 Å². The van der Waals surface area contributed by atoms with E-state index in [9.17, 15) is 0 Å². The smallest absolute Gasteiger partial charge is 0.142 e. The lowest BCUT2D eigenvalue weighted by Crippen LogP contribution is -2.10. The first-order valence-corrected chi connectivity index (χ1v) is 7.24. The Morgan fingerprint density at radius 1 is 1.14 bits per heavy atom. The molecule has 106 valence electrons. The maximum Gasteiger partial charge on any atom is 0.142 e. The Morgan fingerprint density at radius 2 is 1.95 bits per heavy atom. The van der Waals surface area contributed by atoms with Gasteiger partial charge in [-0.15, -0.1) is 0 Å². The van der Waals surface area contributed by atoms with Crippen LogP contribution in [0.1, 0.15) is 31.4 Å². The van der Waals surface area contributed by atoms with Crippen molar-refractivity contribution in [3.8, 4) is 11.8 Å². The fraction of sp³-hybridized carbons (Fsp3) is 0.294. The lowest BCUT2D eigenvalue weighted by atomic mass is 10.2. The number of hydrogen-bond acceptors (Lipinski definition) is 4. The fourth-order valence-electron chi connectivity index (χ4n) is 2.56. The number of nitrogens with zero attached hydrogens (tertiary/aromatic N) is 2. The summed E-state index contributed by atoms with van der Waals surface area (Å²) >= 11 is 0. The molecular weight excluding hydrogens is 262 g/mol. The molecule has 0 radical (unpaired) electrons. The lowest BCUT2D eigenvalue weighted by molar-refractivity contribution is 0.210. The van der Waals surface area contributed by atoms with Gasteiger partial charge in [-0.3, -0.25) is 0 Å². The predicted octanol–water partition coefficient (Wildman–Crippen LogP) is 4.02. The molecule has 4 heteroatoms. The number of pyridine rings is 1. The van der Waals surface area contributed by atoms with E-state index in [1.54, 1.807) is 6.07 Å². The van der Waals surface area contributed by atoms with Crippen LogP contribution in [0.5, 0.6) is 5.75 Å². The van der Waals surface area contributed by atoms with Gasteiger partial charge in [-0.05, 0) is 49.9 Å². The maximum absolute atomic E-state index is 8.87. The summed E-state index contributed by atoms with van der Waals surface area (Å²) < 4.78 is 5.99. The molecule has 1 aromatic heterocycles. The minimum Gasteiger partial charge on any atom is -0.490 e. The zero-order valence-corrected chi connectivity index (χ0v) is 11.7. The van der Waals surface area contributed by atoms with Gasteiger partial charge in [0.05, 0.1) is 6.10 Å². The molecule has 0 aliphatic heterocycles. The molecule has 1 aromatic carbocycles. The first kappa shape index (κ1) is 13.4. The van der Waals surface area contributed by atoms with E-state index in [4.69, 9.17) is 10.00 Å². The first-order valence-electron chi connectivity index (χ1n) is 7.24. The number of aromatic nitrogens is 1. The van der Waals surface area contributed by atoms with Gasteiger partial charge in [-0.25, -0.2) is 4.98 Å². The number of benzene rings is 1. The molecule has 0 bridgehead atoms. The van der Waals surface area contributed by atoms with E-state index in [2.05, 4.69) is 10.3 Å². The Bertz CT molecular complexity index is 657. The van der Waals surface area contributed by atoms with Crippen molar-refractivity contribution in [3.05, 3.63) is 48.2 Å². The quantitative estimate of drug-likeness (QED) is 0.918. The summed E-state index contributed by atoms with van der Waals surface area (Å²) in [5, 5.41) is 12.1. The van der Waals surface area contributed by atoms with E-state index in [0.717, 1.165) is 24.3 Å². The van der Waals surface area contributed by atoms with E-state index in [1.807, 2.05) is 42.5 Å². The minimum atomic E-state index is 0.347. The summed E-state index contributed by atoms with van der Waals surface area (Å²) in [4.78, 5) is 4.21. The second kappa shape index (κ2) is 6.27. The molecule has 0 unspecified atom stereocenters. The molecule has 1 aliphatic carbocycles. The highest BCUT2D eigenvalue weighted by Gasteiger charge is 2.16. The standard InChI is InChI=1S/C17H17N3O/c18-12-14-6-4-10-17(20-14)19-13-5-3-9-16(11-13)21-15-7-1-2-8-15/h3-6,9-11,15H,1-2,7-8H2,(H,19,20). The molecular formula is C17H17N3O. The minimum absolute atomic E-state index is 0.347. The van der Waals surface area contributed by atoms with Gasteiger partial charge in [-0.1, -0.05) is 12.1 Å². The Morgan fingerprint density at radius 3 is 2.76 bits per heavy atom. The van der Waals surface area contributed by atoms with Gasteiger partial charge in [-0.2, -0.15) is 5.26 Å². The average Bonchev–Trinajstić information content (AvgIpc) is 3.01. The van der Waals surface area contributed by atoms with Crippen molar-refractivity contribution < 1.29 is 4.74 Å². The van der Waals surface area contributed by atoms with E-state index in [0.29, 0.717) is 17.6 Å². The molecule has 1 heterocycles. The zero-order chi connectivity index (χ0) is 14.5. The van der Waals surface area contributed by atoms with Gasteiger partial charge < -0.3 is 10.1 Å². The highest BCUT2D eigenvalue weighted by atomic mass is 16.5. The number of nitriles is 1. The van der Waals surface area contributed by atoms with Gasteiger partial charge >= 0.3 is 0 Å². The van der Waals surface area contributed by atoms with Crippen molar-refractivity contribution in [3.63, 3.8) is 0 Å². The van der Waals surface area contributed by atoms with E-state index in [1.165, 1.54) is 12.8 Å². The second-order valence-electron chi connectivity index (χ2n) is 5.20. The number of anilines is 2. The van der Waals surface area contributed by atoms with Crippen molar-refractivity contribution >= 4 is 11.5 Å². The average molecular weight is 279 g/mol. The van der Waals surface area contributed by atoms with Crippen molar-refractivity contribution in [1.29, 1.82) is 5.26 Å². The van der Waals surface area contributed by atoms with Crippen LogP contribution in [-0.4, -0.2) is 11.1 Å². The molecule has 2 aromatic rings. The molecule has 1 N–H and O–H groups in total. The highest BCUT2D eigenvalue weighted by Crippen LogP contribution is 2.26. The SMILES string of the molecule is N#Cc1cccc(Nc2cccc(OC3CCCC3)c2)n1. The third-order valence-electron chi connectivity index (χ3n) is 3.58. The van der Waals surface area contributed by atoms with Gasteiger partial charge in [0.15, 0.2) is 0 Å². The molecule has 1 saturated carbocycles. The van der Waals surface area contributed by atoms with Crippen LogP contribution in [0.4, 0.5) is 11.5 Å². The summed E-state index contributed by atoms with van der Waals surface area (Å²) in [5.41, 5.74) is 1.31. The van der Waals surface area contributed by atoms with Crippen molar-refractivity contribution in [1.82, 2.24) is 4.98 Å². The molecule has 3 rings (SSSR count). The molecule has 1 aliphatic rings. The number of ether oxygens (including phenoxy) is 1. The third-order valence-corrected chi connectivity index (χ3v) is 3.58. The van der Waals surface area contributed by atoms with Crippen molar-refractivity contribution in [2.75, 3.05) is 5.32 Å². The monoisotopic (exact) mass is 279 g/mol. The first-order chi connectivity index (χ1) is 10.3. The normalized spacial score (nSPS) is 14.6. The van der Waals surface area contributed by atoms with Crippen molar-refractivity contribution in [2.45, 2.75) is 31.8 Å². The Balaban J connectivity index is 1.71. The van der Waals surface area contributed by atoms with Crippen LogP contribution >= 0.6 is 0 Å². The Hall–Kier alpha value is -2.54. The van der Waals surface area contributed by atoms with Crippen LogP contribution in [-0.2, 0) is 0 Å². The number of nitrogens with one attached hydrogen (secondary N) is 1. The van der Waals surface area contributed by atoms with E-state index < -0.39 is 0 Å². The summed E-state index contributed by atoms with van der Waals surface area (Å²) in [6.07, 6.45) is 5.15. The molecule has 4 nitrogen and oxygen atoms in total. The third kappa shape index (κ3) is 3.51. The Kier molecular flexibility index (Phi) is 4.02.